The zero-order chi connectivity index (χ0) is 20.7. The lowest BCUT2D eigenvalue weighted by molar-refractivity contribution is -0.120. The largest absolute Gasteiger partial charge is 0.444 e. The molecule has 0 aliphatic rings. The molecule has 0 bridgehead atoms. The number of guanidine groups is 1. The molecule has 0 heterocycles. The molecule has 0 aromatic rings. The predicted octanol–water partition coefficient (Wildman–Crippen LogP) is 2.77. The van der Waals surface area contributed by atoms with Gasteiger partial charge in [-0.15, -0.1) is 24.0 Å². The first kappa shape index (κ1) is 28.9. The Morgan fingerprint density at radius 3 is 2.25 bits per heavy atom. The van der Waals surface area contributed by atoms with Gasteiger partial charge in [-0.1, -0.05) is 26.7 Å². The molecule has 0 aliphatic heterocycles. The zero-order valence-corrected chi connectivity index (χ0v) is 20.6. The number of rotatable bonds is 11. The van der Waals surface area contributed by atoms with Crippen LogP contribution in [0, 0.1) is 0 Å². The van der Waals surface area contributed by atoms with Gasteiger partial charge in [-0.3, -0.25) is 9.79 Å². The van der Waals surface area contributed by atoms with Gasteiger partial charge in [0.25, 0.3) is 0 Å². The standard InChI is InChI=1S/C19H39N5O3.HI/c1-7-9-10-15(14-23-18(26)27-19(3,4)5)24-17(20-6)22-13-11-16(25)21-12-8-2;/h15H,7-14H2,1-6H3,(H,21,25)(H,23,26)(H2,20,22,24);1H. The third-order valence-corrected chi connectivity index (χ3v) is 3.58. The monoisotopic (exact) mass is 513 g/mol. The maximum atomic E-state index is 11.9. The molecule has 0 saturated heterocycles. The number of unbranched alkanes of at least 4 members (excludes halogenated alkanes) is 1. The van der Waals surface area contributed by atoms with Crippen LogP contribution in [-0.4, -0.2) is 56.3 Å². The van der Waals surface area contributed by atoms with Gasteiger partial charge in [0.15, 0.2) is 5.96 Å². The van der Waals surface area contributed by atoms with Crippen molar-refractivity contribution in [2.45, 2.75) is 78.4 Å². The van der Waals surface area contributed by atoms with Crippen molar-refractivity contribution < 1.29 is 14.3 Å². The van der Waals surface area contributed by atoms with Gasteiger partial charge in [0.2, 0.25) is 5.91 Å². The van der Waals surface area contributed by atoms with Crippen molar-refractivity contribution in [1.29, 1.82) is 0 Å². The molecule has 9 heteroatoms. The lowest BCUT2D eigenvalue weighted by atomic mass is 10.1. The number of halogens is 1. The molecule has 8 nitrogen and oxygen atoms in total. The van der Waals surface area contributed by atoms with Crippen molar-refractivity contribution in [3.8, 4) is 0 Å². The summed E-state index contributed by atoms with van der Waals surface area (Å²) in [4.78, 5) is 27.7. The summed E-state index contributed by atoms with van der Waals surface area (Å²) in [6.45, 7) is 11.3. The van der Waals surface area contributed by atoms with Gasteiger partial charge in [-0.05, 0) is 33.6 Å². The SMILES string of the molecule is CCCCC(CNC(=O)OC(C)(C)C)NC(=NC)NCCC(=O)NCCC.I. The lowest BCUT2D eigenvalue weighted by Crippen LogP contribution is -2.49. The minimum absolute atomic E-state index is 0. The van der Waals surface area contributed by atoms with E-state index in [0.29, 0.717) is 32.0 Å². The summed E-state index contributed by atoms with van der Waals surface area (Å²) in [7, 11) is 1.69. The number of aliphatic imine (C=N–C) groups is 1. The fourth-order valence-corrected chi connectivity index (χ4v) is 2.23. The maximum absolute atomic E-state index is 11.9. The third-order valence-electron chi connectivity index (χ3n) is 3.58. The molecule has 0 aromatic heterocycles. The number of alkyl carbamates (subject to hydrolysis) is 1. The fraction of sp³-hybridized carbons (Fsp3) is 0.842. The van der Waals surface area contributed by atoms with Crippen LogP contribution < -0.4 is 21.3 Å². The Morgan fingerprint density at radius 2 is 1.71 bits per heavy atom. The van der Waals surface area contributed by atoms with Gasteiger partial charge in [-0.2, -0.15) is 0 Å². The molecule has 0 saturated carbocycles. The predicted molar refractivity (Wildman–Crippen MR) is 125 cm³/mol. The Morgan fingerprint density at radius 1 is 1.04 bits per heavy atom. The van der Waals surface area contributed by atoms with Crippen LogP contribution in [0.1, 0.15) is 66.7 Å². The number of hydrogen-bond donors (Lipinski definition) is 4. The smallest absolute Gasteiger partial charge is 0.407 e. The number of nitrogens with zero attached hydrogens (tertiary/aromatic N) is 1. The van der Waals surface area contributed by atoms with Crippen LogP contribution in [0.4, 0.5) is 4.79 Å². The van der Waals surface area contributed by atoms with Gasteiger partial charge >= 0.3 is 6.09 Å². The first-order chi connectivity index (χ1) is 12.7. The highest BCUT2D eigenvalue weighted by Gasteiger charge is 2.18. The number of ether oxygens (including phenoxy) is 1. The van der Waals surface area contributed by atoms with Gasteiger partial charge in [0, 0.05) is 39.1 Å². The van der Waals surface area contributed by atoms with E-state index in [1.54, 1.807) is 7.05 Å². The number of carbonyl (C=O) groups excluding carboxylic acids is 2. The van der Waals surface area contributed by atoms with Gasteiger partial charge in [0.1, 0.15) is 5.60 Å². The summed E-state index contributed by atoms with van der Waals surface area (Å²) in [5, 5.41) is 12.1. The van der Waals surface area contributed by atoms with Crippen molar-refractivity contribution in [3.05, 3.63) is 0 Å². The quantitative estimate of drug-likeness (QED) is 0.193. The van der Waals surface area contributed by atoms with Crippen LogP contribution >= 0.6 is 24.0 Å². The van der Waals surface area contributed by atoms with E-state index in [-0.39, 0.29) is 35.9 Å². The van der Waals surface area contributed by atoms with E-state index in [0.717, 1.165) is 25.7 Å². The summed E-state index contributed by atoms with van der Waals surface area (Å²) >= 11 is 0. The maximum Gasteiger partial charge on any atom is 0.407 e. The molecule has 28 heavy (non-hydrogen) atoms. The Labute approximate surface area is 187 Å². The Bertz CT molecular complexity index is 467. The highest BCUT2D eigenvalue weighted by Crippen LogP contribution is 2.07. The number of amides is 2. The molecule has 0 fully saturated rings. The second-order valence-electron chi connectivity index (χ2n) is 7.47. The average molecular weight is 513 g/mol. The number of nitrogens with one attached hydrogen (secondary N) is 4. The Hall–Kier alpha value is -1.26. The molecule has 0 aromatic carbocycles. The van der Waals surface area contributed by atoms with Crippen molar-refractivity contribution in [1.82, 2.24) is 21.3 Å². The summed E-state index contributed by atoms with van der Waals surface area (Å²) in [6, 6.07) is 0.0255. The first-order valence-corrected chi connectivity index (χ1v) is 9.92. The molecule has 0 radical (unpaired) electrons. The van der Waals surface area contributed by atoms with Crippen LogP contribution in [0.2, 0.25) is 0 Å². The summed E-state index contributed by atoms with van der Waals surface area (Å²) in [5.41, 5.74) is -0.521. The van der Waals surface area contributed by atoms with Crippen molar-refractivity contribution >= 4 is 41.9 Å². The lowest BCUT2D eigenvalue weighted by Gasteiger charge is -2.24. The number of carbonyl (C=O) groups is 2. The normalized spacial score (nSPS) is 12.4. The molecular weight excluding hydrogens is 473 g/mol. The van der Waals surface area contributed by atoms with Crippen LogP contribution in [-0.2, 0) is 9.53 Å². The van der Waals surface area contributed by atoms with Crippen molar-refractivity contribution in [2.75, 3.05) is 26.7 Å². The molecule has 0 aliphatic carbocycles. The summed E-state index contributed by atoms with van der Waals surface area (Å²) in [5.74, 6) is 0.638. The van der Waals surface area contributed by atoms with Gasteiger partial charge in [-0.25, -0.2) is 4.79 Å². The Kier molecular flexibility index (Phi) is 17.2. The fourth-order valence-electron chi connectivity index (χ4n) is 2.23. The third kappa shape index (κ3) is 16.9. The van der Waals surface area contributed by atoms with E-state index in [9.17, 15) is 9.59 Å². The van der Waals surface area contributed by atoms with E-state index in [2.05, 4.69) is 33.2 Å². The highest BCUT2D eigenvalue weighted by molar-refractivity contribution is 14.0. The zero-order valence-electron chi connectivity index (χ0n) is 18.3. The number of hydrogen-bond acceptors (Lipinski definition) is 4. The Balaban J connectivity index is 0. The minimum Gasteiger partial charge on any atom is -0.444 e. The van der Waals surface area contributed by atoms with Crippen LogP contribution in [0.15, 0.2) is 4.99 Å². The molecule has 1 unspecified atom stereocenters. The summed E-state index contributed by atoms with van der Waals surface area (Å²) < 4.78 is 5.28. The molecule has 1 atom stereocenters. The molecule has 0 spiro atoms. The second kappa shape index (κ2) is 16.7. The van der Waals surface area contributed by atoms with E-state index in [4.69, 9.17) is 4.74 Å². The van der Waals surface area contributed by atoms with Crippen LogP contribution in [0.5, 0.6) is 0 Å². The van der Waals surface area contributed by atoms with Crippen molar-refractivity contribution in [3.63, 3.8) is 0 Å². The molecule has 0 rings (SSSR count). The molecule has 2 amide bonds. The van der Waals surface area contributed by atoms with Crippen LogP contribution in [0.25, 0.3) is 0 Å². The molecule has 166 valence electrons. The van der Waals surface area contributed by atoms with E-state index in [1.165, 1.54) is 0 Å². The average Bonchev–Trinajstić information content (AvgIpc) is 2.59. The highest BCUT2D eigenvalue weighted by atomic mass is 127. The van der Waals surface area contributed by atoms with Gasteiger partial charge < -0.3 is 26.0 Å². The van der Waals surface area contributed by atoms with Crippen LogP contribution in [0.3, 0.4) is 0 Å². The molecular formula is C19H40IN5O3. The van der Waals surface area contributed by atoms with Gasteiger partial charge in [0.05, 0.1) is 0 Å². The second-order valence-corrected chi connectivity index (χ2v) is 7.47. The summed E-state index contributed by atoms with van der Waals surface area (Å²) in [6.07, 6.45) is 3.87. The van der Waals surface area contributed by atoms with E-state index < -0.39 is 11.7 Å². The minimum atomic E-state index is -0.521. The van der Waals surface area contributed by atoms with E-state index >= 15 is 0 Å². The first-order valence-electron chi connectivity index (χ1n) is 9.92. The van der Waals surface area contributed by atoms with E-state index in [1.807, 2.05) is 27.7 Å². The molecule has 4 N–H and O–H groups in total. The van der Waals surface area contributed by atoms with Crippen molar-refractivity contribution in [2.24, 2.45) is 4.99 Å². The topological polar surface area (TPSA) is 104 Å².